The molecule has 186 valence electrons. The van der Waals surface area contributed by atoms with E-state index in [0.29, 0.717) is 26.8 Å². The number of fused-ring (bicyclic) bond motifs is 1. The Kier molecular flexibility index (Phi) is 6.08. The van der Waals surface area contributed by atoms with Gasteiger partial charge in [-0.05, 0) is 29.8 Å². The van der Waals surface area contributed by atoms with Gasteiger partial charge in [0.2, 0.25) is 0 Å². The molecule has 2 N–H and O–H groups in total. The summed E-state index contributed by atoms with van der Waals surface area (Å²) in [7, 11) is 1.66. The number of hydrogen-bond acceptors (Lipinski definition) is 5. The summed E-state index contributed by atoms with van der Waals surface area (Å²) < 4.78 is 53.4. The van der Waals surface area contributed by atoms with E-state index in [4.69, 9.17) is 15.6 Å². The predicted octanol–water partition coefficient (Wildman–Crippen LogP) is 5.25. The van der Waals surface area contributed by atoms with Crippen LogP contribution in [0.4, 0.5) is 13.2 Å². The van der Waals surface area contributed by atoms with Gasteiger partial charge in [-0.15, -0.1) is 0 Å². The summed E-state index contributed by atoms with van der Waals surface area (Å²) in [4.78, 5) is 4.28. The molecule has 0 saturated carbocycles. The fourth-order valence-corrected chi connectivity index (χ4v) is 3.88. The Morgan fingerprint density at radius 1 is 1.00 bits per heavy atom. The van der Waals surface area contributed by atoms with Gasteiger partial charge >= 0.3 is 5.92 Å². The molecule has 0 aliphatic heterocycles. The molecule has 0 spiro atoms. The van der Waals surface area contributed by atoms with Crippen molar-refractivity contribution < 1.29 is 17.9 Å². The molecule has 37 heavy (non-hydrogen) atoms. The number of rotatable bonds is 6. The number of ether oxygens (including phenoxy) is 1. The van der Waals surface area contributed by atoms with Crippen LogP contribution in [0.1, 0.15) is 11.1 Å². The molecule has 0 aliphatic carbocycles. The van der Waals surface area contributed by atoms with Gasteiger partial charge in [0.15, 0.2) is 17.1 Å². The second kappa shape index (κ2) is 9.38. The molecule has 5 aromatic rings. The molecular weight excluding hydrogens is 481 g/mol. The monoisotopic (exact) mass is 502 g/mol. The zero-order chi connectivity index (χ0) is 26.2. The molecular formula is C27H21F3N6O. The Labute approximate surface area is 209 Å². The highest BCUT2D eigenvalue weighted by Crippen LogP contribution is 2.33. The Hall–Kier alpha value is -4.73. The summed E-state index contributed by atoms with van der Waals surface area (Å²) >= 11 is 0. The minimum Gasteiger partial charge on any atom is -0.487 e. The molecule has 5 rings (SSSR count). The highest BCUT2D eigenvalue weighted by Gasteiger charge is 2.39. The zero-order valence-electron chi connectivity index (χ0n) is 19.6. The highest BCUT2D eigenvalue weighted by atomic mass is 19.3. The molecule has 10 heteroatoms. The van der Waals surface area contributed by atoms with Crippen molar-refractivity contribution in [1.82, 2.24) is 19.3 Å². The first-order valence-electron chi connectivity index (χ1n) is 11.2. The Morgan fingerprint density at radius 3 is 2.51 bits per heavy atom. The molecule has 0 bridgehead atoms. The van der Waals surface area contributed by atoms with E-state index in [2.05, 4.69) is 10.1 Å². The number of hydrogen-bond donors (Lipinski definition) is 2. The number of benzene rings is 2. The maximum Gasteiger partial charge on any atom is 0.329 e. The van der Waals surface area contributed by atoms with Gasteiger partial charge in [0.1, 0.15) is 12.4 Å². The van der Waals surface area contributed by atoms with Gasteiger partial charge in [0.25, 0.3) is 0 Å². The molecule has 2 aromatic carbocycles. The van der Waals surface area contributed by atoms with E-state index in [1.54, 1.807) is 19.3 Å². The Morgan fingerprint density at radius 2 is 1.78 bits per heavy atom. The average molecular weight is 503 g/mol. The molecule has 0 unspecified atom stereocenters. The lowest BCUT2D eigenvalue weighted by Crippen LogP contribution is -2.39. The van der Waals surface area contributed by atoms with Crippen molar-refractivity contribution in [2.24, 2.45) is 7.05 Å². The van der Waals surface area contributed by atoms with Crippen LogP contribution in [-0.4, -0.2) is 25.2 Å². The lowest BCUT2D eigenvalue weighted by atomic mass is 10.0. The number of nitrogens with one attached hydrogen (secondary N) is 2. The fourth-order valence-electron chi connectivity index (χ4n) is 3.88. The van der Waals surface area contributed by atoms with Crippen LogP contribution in [0, 0.1) is 16.6 Å². The first kappa shape index (κ1) is 24.0. The van der Waals surface area contributed by atoms with Gasteiger partial charge < -0.3 is 4.74 Å². The van der Waals surface area contributed by atoms with Crippen LogP contribution in [0.15, 0.2) is 85.5 Å². The molecule has 0 aliphatic rings. The van der Waals surface area contributed by atoms with Crippen LogP contribution >= 0.6 is 0 Å². The normalized spacial score (nSPS) is 11.6. The van der Waals surface area contributed by atoms with Crippen LogP contribution < -0.4 is 10.2 Å². The maximum absolute atomic E-state index is 15.6. The van der Waals surface area contributed by atoms with Crippen molar-refractivity contribution in [1.29, 1.82) is 10.8 Å². The van der Waals surface area contributed by atoms with Gasteiger partial charge in [-0.25, -0.2) is 4.39 Å². The lowest BCUT2D eigenvalue weighted by molar-refractivity contribution is 0.0706. The smallest absolute Gasteiger partial charge is 0.329 e. The molecule has 3 heterocycles. The van der Waals surface area contributed by atoms with Gasteiger partial charge in [0, 0.05) is 41.5 Å². The average Bonchev–Trinajstić information content (AvgIpc) is 3.34. The quantitative estimate of drug-likeness (QED) is 0.245. The van der Waals surface area contributed by atoms with Crippen LogP contribution in [0.5, 0.6) is 5.75 Å². The summed E-state index contributed by atoms with van der Waals surface area (Å²) in [5, 5.41) is 20.6. The van der Waals surface area contributed by atoms with E-state index in [-0.39, 0.29) is 12.2 Å². The second-order valence-corrected chi connectivity index (χ2v) is 8.47. The third kappa shape index (κ3) is 4.73. The Bertz CT molecular complexity index is 1680. The second-order valence-electron chi connectivity index (χ2n) is 8.47. The highest BCUT2D eigenvalue weighted by molar-refractivity contribution is 5.91. The minimum atomic E-state index is -3.84. The fraction of sp³-hybridized carbons (Fsp3) is 0.111. The molecule has 0 atom stereocenters. The molecule has 0 amide bonds. The maximum atomic E-state index is 15.6. The molecule has 0 radical (unpaired) electrons. The minimum absolute atomic E-state index is 0.213. The van der Waals surface area contributed by atoms with Crippen LogP contribution in [-0.2, 0) is 19.6 Å². The van der Waals surface area contributed by atoms with Crippen molar-refractivity contribution in [2.75, 3.05) is 0 Å². The summed E-state index contributed by atoms with van der Waals surface area (Å²) in [6.45, 7) is 0.288. The first-order valence-corrected chi connectivity index (χ1v) is 11.2. The van der Waals surface area contributed by atoms with E-state index < -0.39 is 28.6 Å². The van der Waals surface area contributed by atoms with Gasteiger partial charge in [-0.1, -0.05) is 36.4 Å². The van der Waals surface area contributed by atoms with E-state index in [9.17, 15) is 4.39 Å². The number of nitrogens with zero attached hydrogens (tertiary/aromatic N) is 4. The van der Waals surface area contributed by atoms with Crippen molar-refractivity contribution in [2.45, 2.75) is 12.5 Å². The third-order valence-electron chi connectivity index (χ3n) is 5.86. The lowest BCUT2D eigenvalue weighted by Gasteiger charge is -2.21. The van der Waals surface area contributed by atoms with E-state index in [0.717, 1.165) is 17.8 Å². The standard InChI is InChI=1S/C27H21F3N6O/c1-35-14-20(12-34-35)19-11-23(28)25(31)36(15-19)26(32)27(29,30)21-7-8-24-18(9-21)10-22(13-33-24)37-16-17-5-3-2-4-6-17/h2-15,31-32H,16H2,1H3. The van der Waals surface area contributed by atoms with Gasteiger partial charge in [-0.3, -0.25) is 25.1 Å². The SMILES string of the molecule is Cn1cc(-c2cc(F)c(=N)n(C(=N)C(F)(F)c3ccc4ncc(OCc5ccccc5)cc4c3)c2)cn1. The first-order chi connectivity index (χ1) is 17.7. The number of aromatic nitrogens is 4. The van der Waals surface area contributed by atoms with E-state index >= 15 is 8.78 Å². The topological polar surface area (TPSA) is 92.6 Å². The number of pyridine rings is 2. The predicted molar refractivity (Wildman–Crippen MR) is 132 cm³/mol. The largest absolute Gasteiger partial charge is 0.487 e. The van der Waals surface area contributed by atoms with Crippen molar-refractivity contribution in [3.8, 4) is 16.9 Å². The van der Waals surface area contributed by atoms with Gasteiger partial charge in [0.05, 0.1) is 17.9 Å². The van der Waals surface area contributed by atoms with Crippen LogP contribution in [0.2, 0.25) is 0 Å². The van der Waals surface area contributed by atoms with Crippen molar-refractivity contribution in [3.63, 3.8) is 0 Å². The van der Waals surface area contributed by atoms with Crippen LogP contribution in [0.25, 0.3) is 22.0 Å². The number of aryl methyl sites for hydroxylation is 1. The number of alkyl halides is 2. The van der Waals surface area contributed by atoms with E-state index in [1.165, 1.54) is 35.3 Å². The molecule has 3 aromatic heterocycles. The van der Waals surface area contributed by atoms with Gasteiger partial charge in [-0.2, -0.15) is 13.9 Å². The zero-order valence-corrected chi connectivity index (χ0v) is 19.6. The summed E-state index contributed by atoms with van der Waals surface area (Å²) in [6.07, 6.45) is 5.67. The molecule has 7 nitrogen and oxygen atoms in total. The number of halogens is 3. The third-order valence-corrected chi connectivity index (χ3v) is 5.86. The summed E-state index contributed by atoms with van der Waals surface area (Å²) in [5.74, 6) is -5.73. The summed E-state index contributed by atoms with van der Waals surface area (Å²) in [6, 6.07) is 15.9. The molecule has 0 fully saturated rings. The Balaban J connectivity index is 1.47. The van der Waals surface area contributed by atoms with Crippen LogP contribution in [0.3, 0.4) is 0 Å². The van der Waals surface area contributed by atoms with E-state index in [1.807, 2.05) is 30.3 Å². The van der Waals surface area contributed by atoms with Crippen molar-refractivity contribution in [3.05, 3.63) is 108 Å². The molecule has 0 saturated heterocycles. The summed E-state index contributed by atoms with van der Waals surface area (Å²) in [5.41, 5.74) is 0.746. The van der Waals surface area contributed by atoms with Crippen molar-refractivity contribution >= 4 is 16.7 Å².